The molecule has 0 aliphatic rings. The van der Waals surface area contributed by atoms with E-state index >= 15 is 0 Å². The molecule has 0 radical (unpaired) electrons. The first-order valence-corrected chi connectivity index (χ1v) is 8.10. The van der Waals surface area contributed by atoms with Crippen LogP contribution in [0.15, 0.2) is 48.7 Å². The molecular weight excluding hydrogens is 357 g/mol. The molecule has 0 saturated heterocycles. The number of ether oxygens (including phenoxy) is 1. The lowest BCUT2D eigenvalue weighted by molar-refractivity contribution is 0.102. The average molecular weight is 372 g/mol. The van der Waals surface area contributed by atoms with Crippen molar-refractivity contribution in [2.45, 2.75) is 6.92 Å². The molecule has 1 N–H and O–H groups in total. The van der Waals surface area contributed by atoms with E-state index in [2.05, 4.69) is 15.3 Å². The number of aryl methyl sites for hydroxylation is 1. The maximum Gasteiger partial charge on any atom is 0.259 e. The van der Waals surface area contributed by atoms with Crippen molar-refractivity contribution in [2.24, 2.45) is 0 Å². The minimum absolute atomic E-state index is 0.334. The molecule has 0 saturated carbocycles. The van der Waals surface area contributed by atoms with Crippen LogP contribution in [0.1, 0.15) is 16.1 Å². The predicted octanol–water partition coefficient (Wildman–Crippen LogP) is 4.51. The van der Waals surface area contributed by atoms with Crippen molar-refractivity contribution < 1.29 is 13.9 Å². The Hall–Kier alpha value is -2.99. The number of anilines is 1. The highest BCUT2D eigenvalue weighted by molar-refractivity contribution is 6.32. The number of rotatable bonds is 4. The minimum Gasteiger partial charge on any atom is -0.495 e. The zero-order chi connectivity index (χ0) is 18.7. The lowest BCUT2D eigenvalue weighted by Crippen LogP contribution is -2.15. The molecule has 0 aliphatic heterocycles. The molecule has 1 aromatic heterocycles. The molecule has 0 spiro atoms. The first kappa shape index (κ1) is 17.8. The summed E-state index contributed by atoms with van der Waals surface area (Å²) in [7, 11) is 1.52. The largest absolute Gasteiger partial charge is 0.495 e. The third-order valence-corrected chi connectivity index (χ3v) is 4.03. The standard InChI is InChI=1S/C19H15ClFN3O2/c1-11-15(10-22-18(23-11)12-3-5-13(21)6-4-12)19(25)24-14-7-8-17(26-2)16(20)9-14/h3-10H,1-2H3,(H,24,25). The maximum absolute atomic E-state index is 13.0. The van der Waals surface area contributed by atoms with Crippen molar-refractivity contribution in [3.8, 4) is 17.1 Å². The molecule has 0 bridgehead atoms. The normalized spacial score (nSPS) is 10.5. The van der Waals surface area contributed by atoms with Gasteiger partial charge in [-0.1, -0.05) is 11.6 Å². The molecule has 26 heavy (non-hydrogen) atoms. The molecule has 0 atom stereocenters. The molecule has 3 rings (SSSR count). The van der Waals surface area contributed by atoms with Crippen LogP contribution >= 0.6 is 11.6 Å². The molecular formula is C19H15ClFN3O2. The van der Waals surface area contributed by atoms with Crippen molar-refractivity contribution in [3.63, 3.8) is 0 Å². The van der Waals surface area contributed by atoms with Crippen LogP contribution in [0.2, 0.25) is 5.02 Å². The van der Waals surface area contributed by atoms with E-state index in [9.17, 15) is 9.18 Å². The van der Waals surface area contributed by atoms with Gasteiger partial charge < -0.3 is 10.1 Å². The number of carbonyl (C=O) groups is 1. The molecule has 7 heteroatoms. The summed E-state index contributed by atoms with van der Waals surface area (Å²) in [6.45, 7) is 1.71. The monoisotopic (exact) mass is 371 g/mol. The van der Waals surface area contributed by atoms with Gasteiger partial charge in [0.05, 0.1) is 23.4 Å². The van der Waals surface area contributed by atoms with Gasteiger partial charge in [0.25, 0.3) is 5.91 Å². The summed E-state index contributed by atoms with van der Waals surface area (Å²) in [5.74, 6) is 0.258. The van der Waals surface area contributed by atoms with Gasteiger partial charge in [0.1, 0.15) is 11.6 Å². The summed E-state index contributed by atoms with van der Waals surface area (Å²) in [4.78, 5) is 21.0. The number of nitrogens with one attached hydrogen (secondary N) is 1. The number of hydrogen-bond acceptors (Lipinski definition) is 4. The van der Waals surface area contributed by atoms with Crippen molar-refractivity contribution in [1.29, 1.82) is 0 Å². The molecule has 2 aromatic carbocycles. The van der Waals surface area contributed by atoms with Gasteiger partial charge in [-0.3, -0.25) is 4.79 Å². The average Bonchev–Trinajstić information content (AvgIpc) is 2.62. The zero-order valence-corrected chi connectivity index (χ0v) is 14.8. The minimum atomic E-state index is -0.352. The van der Waals surface area contributed by atoms with Crippen molar-refractivity contribution >= 4 is 23.2 Å². The smallest absolute Gasteiger partial charge is 0.259 e. The molecule has 0 unspecified atom stereocenters. The number of amides is 1. The maximum atomic E-state index is 13.0. The van der Waals surface area contributed by atoms with Crippen molar-refractivity contribution in [3.05, 3.63) is 70.8 Å². The number of hydrogen-bond donors (Lipinski definition) is 1. The Balaban J connectivity index is 1.81. The molecule has 1 heterocycles. The highest BCUT2D eigenvalue weighted by Gasteiger charge is 2.14. The lowest BCUT2D eigenvalue weighted by atomic mass is 10.1. The topological polar surface area (TPSA) is 64.1 Å². The number of carbonyl (C=O) groups excluding carboxylic acids is 1. The molecule has 132 valence electrons. The molecule has 0 fully saturated rings. The van der Waals surface area contributed by atoms with Gasteiger partial charge in [-0.05, 0) is 49.4 Å². The van der Waals surface area contributed by atoms with Gasteiger partial charge in [-0.2, -0.15) is 0 Å². The van der Waals surface area contributed by atoms with Crippen LogP contribution < -0.4 is 10.1 Å². The Morgan fingerprint density at radius 3 is 2.54 bits per heavy atom. The second kappa shape index (κ2) is 7.49. The molecule has 3 aromatic rings. The second-order valence-corrected chi connectivity index (χ2v) is 5.91. The van der Waals surface area contributed by atoms with E-state index in [0.717, 1.165) is 0 Å². The first-order valence-electron chi connectivity index (χ1n) is 7.72. The molecule has 1 amide bonds. The first-order chi connectivity index (χ1) is 12.5. The summed E-state index contributed by atoms with van der Waals surface area (Å²) < 4.78 is 18.1. The Bertz CT molecular complexity index is 961. The van der Waals surface area contributed by atoms with Gasteiger partial charge in [0.15, 0.2) is 5.82 Å². The Morgan fingerprint density at radius 2 is 1.92 bits per heavy atom. The second-order valence-electron chi connectivity index (χ2n) is 5.50. The van der Waals surface area contributed by atoms with Crippen molar-refractivity contribution in [2.75, 3.05) is 12.4 Å². The van der Waals surface area contributed by atoms with E-state index in [0.29, 0.717) is 39.1 Å². The fourth-order valence-electron chi connectivity index (χ4n) is 2.37. The summed E-state index contributed by atoms with van der Waals surface area (Å²) in [6.07, 6.45) is 1.45. The number of benzene rings is 2. The Morgan fingerprint density at radius 1 is 1.19 bits per heavy atom. The fourth-order valence-corrected chi connectivity index (χ4v) is 2.63. The van der Waals surface area contributed by atoms with Gasteiger partial charge in [0.2, 0.25) is 0 Å². The highest BCUT2D eigenvalue weighted by atomic mass is 35.5. The fraction of sp³-hybridized carbons (Fsp3) is 0.105. The van der Waals surface area contributed by atoms with Crippen LogP contribution in [0.3, 0.4) is 0 Å². The van der Waals surface area contributed by atoms with E-state index < -0.39 is 0 Å². The van der Waals surface area contributed by atoms with Crippen LogP contribution in [0.5, 0.6) is 5.75 Å². The number of methoxy groups -OCH3 is 1. The van der Waals surface area contributed by atoms with Gasteiger partial charge in [-0.25, -0.2) is 14.4 Å². The third-order valence-electron chi connectivity index (χ3n) is 3.74. The third kappa shape index (κ3) is 3.81. The lowest BCUT2D eigenvalue weighted by Gasteiger charge is -2.10. The van der Waals surface area contributed by atoms with E-state index in [1.165, 1.54) is 25.4 Å². The van der Waals surface area contributed by atoms with Crippen LogP contribution in [0.25, 0.3) is 11.4 Å². The predicted molar refractivity (Wildman–Crippen MR) is 98.1 cm³/mol. The molecule has 5 nitrogen and oxygen atoms in total. The quantitative estimate of drug-likeness (QED) is 0.733. The van der Waals surface area contributed by atoms with Crippen LogP contribution in [0, 0.1) is 12.7 Å². The number of nitrogens with zero attached hydrogens (tertiary/aromatic N) is 2. The summed E-state index contributed by atoms with van der Waals surface area (Å²) in [5.41, 5.74) is 2.05. The Labute approximate surface area is 154 Å². The van der Waals surface area contributed by atoms with Crippen molar-refractivity contribution in [1.82, 2.24) is 9.97 Å². The van der Waals surface area contributed by atoms with Crippen LogP contribution in [0.4, 0.5) is 10.1 Å². The van der Waals surface area contributed by atoms with E-state index in [-0.39, 0.29) is 11.7 Å². The van der Waals surface area contributed by atoms with E-state index in [1.807, 2.05) is 0 Å². The molecule has 0 aliphatic carbocycles. The van der Waals surface area contributed by atoms with Gasteiger partial charge in [-0.15, -0.1) is 0 Å². The highest BCUT2D eigenvalue weighted by Crippen LogP contribution is 2.27. The number of halogens is 2. The van der Waals surface area contributed by atoms with Gasteiger partial charge in [0, 0.05) is 17.4 Å². The summed E-state index contributed by atoms with van der Waals surface area (Å²) in [6, 6.07) is 10.8. The van der Waals surface area contributed by atoms with Gasteiger partial charge >= 0.3 is 0 Å². The number of aromatic nitrogens is 2. The van der Waals surface area contributed by atoms with E-state index in [4.69, 9.17) is 16.3 Å². The SMILES string of the molecule is COc1ccc(NC(=O)c2cnc(-c3ccc(F)cc3)nc2C)cc1Cl. The summed E-state index contributed by atoms with van der Waals surface area (Å²) >= 11 is 6.06. The van der Waals surface area contributed by atoms with Crippen LogP contribution in [-0.4, -0.2) is 23.0 Å². The Kier molecular flexibility index (Phi) is 5.14. The zero-order valence-electron chi connectivity index (χ0n) is 14.1. The summed E-state index contributed by atoms with van der Waals surface area (Å²) in [5, 5.41) is 3.14. The van der Waals surface area contributed by atoms with E-state index in [1.54, 1.807) is 37.3 Å². The van der Waals surface area contributed by atoms with Crippen LogP contribution in [-0.2, 0) is 0 Å².